The third-order valence-corrected chi connectivity index (χ3v) is 5.62. The van der Waals surface area contributed by atoms with Crippen LogP contribution in [0.1, 0.15) is 35.4 Å². The Morgan fingerprint density at radius 3 is 2.76 bits per heavy atom. The van der Waals surface area contributed by atoms with Crippen molar-refractivity contribution < 1.29 is 9.59 Å². The van der Waals surface area contributed by atoms with Gasteiger partial charge >= 0.3 is 0 Å². The summed E-state index contributed by atoms with van der Waals surface area (Å²) in [5.74, 6) is 0.326. The number of hydrogen-bond acceptors (Lipinski definition) is 3. The van der Waals surface area contributed by atoms with Crippen LogP contribution in [0.3, 0.4) is 0 Å². The summed E-state index contributed by atoms with van der Waals surface area (Å²) in [6, 6.07) is 13.0. The van der Waals surface area contributed by atoms with E-state index in [1.807, 2.05) is 41.3 Å². The minimum absolute atomic E-state index is 0.00428. The van der Waals surface area contributed by atoms with Crippen molar-refractivity contribution >= 4 is 34.3 Å². The van der Waals surface area contributed by atoms with Gasteiger partial charge in [0.2, 0.25) is 5.91 Å². The monoisotopic (exact) mass is 410 g/mol. The molecule has 0 atom stereocenters. The van der Waals surface area contributed by atoms with Gasteiger partial charge < -0.3 is 15.2 Å². The van der Waals surface area contributed by atoms with Crippen LogP contribution in [0.4, 0.5) is 0 Å². The molecule has 1 fully saturated rings. The fourth-order valence-electron chi connectivity index (χ4n) is 3.76. The lowest BCUT2D eigenvalue weighted by Gasteiger charge is -2.31. The lowest BCUT2D eigenvalue weighted by Crippen LogP contribution is -2.39. The van der Waals surface area contributed by atoms with Crippen molar-refractivity contribution in [2.45, 2.75) is 25.8 Å². The Balaban J connectivity index is 1.27. The fourth-order valence-corrected chi connectivity index (χ4v) is 3.94. The number of piperidine rings is 1. The molecule has 1 aromatic carbocycles. The maximum atomic E-state index is 12.8. The predicted octanol–water partition coefficient (Wildman–Crippen LogP) is 3.78. The number of carbonyl (C=O) groups is 2. The molecule has 0 saturated carbocycles. The number of H-pyrrole nitrogens is 1. The second-order valence-corrected chi connectivity index (χ2v) is 7.89. The number of fused-ring (bicyclic) bond motifs is 1. The van der Waals surface area contributed by atoms with Gasteiger partial charge in [0.25, 0.3) is 5.91 Å². The quantitative estimate of drug-likeness (QED) is 0.672. The van der Waals surface area contributed by atoms with E-state index in [2.05, 4.69) is 15.3 Å². The number of likely N-dealkylation sites (tertiary alicyclic amines) is 1. The number of aromatic nitrogens is 2. The van der Waals surface area contributed by atoms with Gasteiger partial charge in [0.1, 0.15) is 5.69 Å². The first-order chi connectivity index (χ1) is 14.1. The van der Waals surface area contributed by atoms with Gasteiger partial charge in [-0.3, -0.25) is 14.6 Å². The molecule has 6 nitrogen and oxygen atoms in total. The van der Waals surface area contributed by atoms with E-state index in [1.165, 1.54) is 0 Å². The molecule has 0 bridgehead atoms. The molecule has 2 N–H and O–H groups in total. The summed E-state index contributed by atoms with van der Waals surface area (Å²) >= 11 is 6.03. The summed E-state index contributed by atoms with van der Waals surface area (Å²) in [5.41, 5.74) is 2.33. The SMILES string of the molecule is O=C(CC1CCN(C(=O)c2cc3cc(Cl)ccc3[nH]2)CC1)NCc1ccccn1. The molecule has 2 aromatic heterocycles. The molecule has 29 heavy (non-hydrogen) atoms. The van der Waals surface area contributed by atoms with Crippen molar-refractivity contribution in [1.29, 1.82) is 0 Å². The summed E-state index contributed by atoms with van der Waals surface area (Å²) in [4.78, 5) is 34.3. The van der Waals surface area contributed by atoms with E-state index < -0.39 is 0 Å². The van der Waals surface area contributed by atoms with Crippen molar-refractivity contribution in [3.05, 3.63) is 65.1 Å². The van der Waals surface area contributed by atoms with Crippen molar-refractivity contribution in [3.8, 4) is 0 Å². The first kappa shape index (κ1) is 19.5. The highest BCUT2D eigenvalue weighted by Gasteiger charge is 2.26. The van der Waals surface area contributed by atoms with E-state index in [1.54, 1.807) is 12.3 Å². The number of nitrogens with zero attached hydrogens (tertiary/aromatic N) is 2. The predicted molar refractivity (Wildman–Crippen MR) is 113 cm³/mol. The number of amides is 2. The van der Waals surface area contributed by atoms with Crippen molar-refractivity contribution in [1.82, 2.24) is 20.2 Å². The van der Waals surface area contributed by atoms with Crippen LogP contribution in [0.5, 0.6) is 0 Å². The van der Waals surface area contributed by atoms with Gasteiger partial charge in [-0.2, -0.15) is 0 Å². The molecular formula is C22H23ClN4O2. The van der Waals surface area contributed by atoms with Gasteiger partial charge in [-0.1, -0.05) is 17.7 Å². The van der Waals surface area contributed by atoms with Gasteiger partial charge in [-0.25, -0.2) is 0 Å². The average Bonchev–Trinajstić information content (AvgIpc) is 3.16. The van der Waals surface area contributed by atoms with Crippen LogP contribution in [0.2, 0.25) is 5.02 Å². The zero-order valence-corrected chi connectivity index (χ0v) is 16.8. The Bertz CT molecular complexity index is 1010. The van der Waals surface area contributed by atoms with Crippen LogP contribution in [0.15, 0.2) is 48.7 Å². The molecule has 3 heterocycles. The molecule has 3 aromatic rings. The Hall–Kier alpha value is -2.86. The number of hydrogen-bond donors (Lipinski definition) is 2. The molecule has 2 amide bonds. The molecule has 7 heteroatoms. The fraction of sp³-hybridized carbons (Fsp3) is 0.318. The Labute approximate surface area is 174 Å². The standard InChI is InChI=1S/C22H23ClN4O2/c23-17-4-5-19-16(12-17)13-20(26-19)22(29)27-9-6-15(7-10-27)11-21(28)25-14-18-3-1-2-8-24-18/h1-5,8,12-13,15,26H,6-7,9-11,14H2,(H,25,28). The molecule has 1 saturated heterocycles. The summed E-state index contributed by atoms with van der Waals surface area (Å²) in [6.45, 7) is 1.77. The smallest absolute Gasteiger partial charge is 0.270 e. The Kier molecular flexibility index (Phi) is 5.81. The number of rotatable bonds is 5. The normalized spacial score (nSPS) is 14.9. The van der Waals surface area contributed by atoms with Gasteiger partial charge in [-0.05, 0) is 55.2 Å². The molecule has 4 rings (SSSR count). The number of carbonyl (C=O) groups excluding carboxylic acids is 2. The van der Waals surface area contributed by atoms with Crippen LogP contribution in [0.25, 0.3) is 10.9 Å². The molecule has 0 radical (unpaired) electrons. The van der Waals surface area contributed by atoms with Crippen molar-refractivity contribution in [2.24, 2.45) is 5.92 Å². The molecule has 0 unspecified atom stereocenters. The molecule has 0 spiro atoms. The highest BCUT2D eigenvalue weighted by Crippen LogP contribution is 2.24. The topological polar surface area (TPSA) is 78.1 Å². The zero-order valence-electron chi connectivity index (χ0n) is 16.0. The Morgan fingerprint density at radius 1 is 1.17 bits per heavy atom. The maximum absolute atomic E-state index is 12.8. The third kappa shape index (κ3) is 4.77. The van der Waals surface area contributed by atoms with E-state index in [-0.39, 0.29) is 11.8 Å². The molecular weight excluding hydrogens is 388 g/mol. The van der Waals surface area contributed by atoms with Gasteiger partial charge in [-0.15, -0.1) is 0 Å². The van der Waals surface area contributed by atoms with Crippen molar-refractivity contribution in [2.75, 3.05) is 13.1 Å². The molecule has 150 valence electrons. The summed E-state index contributed by atoms with van der Waals surface area (Å²) in [5, 5.41) is 4.51. The number of aromatic amines is 1. The number of pyridine rings is 1. The van der Waals surface area contributed by atoms with E-state index in [9.17, 15) is 9.59 Å². The summed E-state index contributed by atoms with van der Waals surface area (Å²) in [6.07, 6.45) is 3.86. The lowest BCUT2D eigenvalue weighted by atomic mass is 9.93. The highest BCUT2D eigenvalue weighted by molar-refractivity contribution is 6.31. The van der Waals surface area contributed by atoms with Crippen LogP contribution < -0.4 is 5.32 Å². The van der Waals surface area contributed by atoms with E-state index in [4.69, 9.17) is 11.6 Å². The first-order valence-corrected chi connectivity index (χ1v) is 10.2. The summed E-state index contributed by atoms with van der Waals surface area (Å²) < 4.78 is 0. The van der Waals surface area contributed by atoms with Crippen LogP contribution in [-0.2, 0) is 11.3 Å². The van der Waals surface area contributed by atoms with Gasteiger partial charge in [0.15, 0.2) is 0 Å². The maximum Gasteiger partial charge on any atom is 0.270 e. The largest absolute Gasteiger partial charge is 0.351 e. The number of halogens is 1. The molecule has 1 aliphatic heterocycles. The second kappa shape index (κ2) is 8.66. The number of benzene rings is 1. The van der Waals surface area contributed by atoms with Crippen LogP contribution >= 0.6 is 11.6 Å². The summed E-state index contributed by atoms with van der Waals surface area (Å²) in [7, 11) is 0. The van der Waals surface area contributed by atoms with Gasteiger partial charge in [0, 0.05) is 41.6 Å². The lowest BCUT2D eigenvalue weighted by molar-refractivity contribution is -0.122. The van der Waals surface area contributed by atoms with Crippen LogP contribution in [0, 0.1) is 5.92 Å². The van der Waals surface area contributed by atoms with E-state index in [0.717, 1.165) is 29.4 Å². The van der Waals surface area contributed by atoms with E-state index in [0.29, 0.717) is 42.7 Å². The minimum atomic E-state index is -0.00428. The molecule has 0 aliphatic carbocycles. The third-order valence-electron chi connectivity index (χ3n) is 5.38. The zero-order chi connectivity index (χ0) is 20.2. The van der Waals surface area contributed by atoms with Crippen molar-refractivity contribution in [3.63, 3.8) is 0 Å². The average molecular weight is 411 g/mol. The Morgan fingerprint density at radius 2 is 2.00 bits per heavy atom. The second-order valence-electron chi connectivity index (χ2n) is 7.45. The van der Waals surface area contributed by atoms with Gasteiger partial charge in [0.05, 0.1) is 12.2 Å². The van der Waals surface area contributed by atoms with E-state index >= 15 is 0 Å². The first-order valence-electron chi connectivity index (χ1n) is 9.82. The van der Waals surface area contributed by atoms with Crippen LogP contribution in [-0.4, -0.2) is 39.8 Å². The minimum Gasteiger partial charge on any atom is -0.351 e. The molecule has 1 aliphatic rings. The number of nitrogens with one attached hydrogen (secondary N) is 2. The highest BCUT2D eigenvalue weighted by atomic mass is 35.5.